The number of hydrogen-bond acceptors (Lipinski definition) is 3. The van der Waals surface area contributed by atoms with Crippen molar-refractivity contribution < 1.29 is 9.53 Å². The molecule has 4 heteroatoms. The van der Waals surface area contributed by atoms with E-state index in [0.717, 1.165) is 17.0 Å². The molecule has 2 aromatic rings. The van der Waals surface area contributed by atoms with Gasteiger partial charge in [0.1, 0.15) is 5.75 Å². The second-order valence-electron chi connectivity index (χ2n) is 2.74. The van der Waals surface area contributed by atoms with E-state index in [9.17, 15) is 4.79 Å². The summed E-state index contributed by atoms with van der Waals surface area (Å²) in [4.78, 5) is 10.9. The van der Waals surface area contributed by atoms with Crippen LogP contribution in [0.25, 0.3) is 10.9 Å². The molecule has 0 atom stereocenters. The Labute approximate surface area is 80.2 Å². The number of H-pyrrole nitrogens is 1. The normalized spacial score (nSPS) is 10.0. The molecule has 0 amide bonds. The Morgan fingerprint density at radius 2 is 2.43 bits per heavy atom. The van der Waals surface area contributed by atoms with Gasteiger partial charge >= 0.3 is 5.97 Å². The summed E-state index contributed by atoms with van der Waals surface area (Å²) in [5, 5.41) is 7.56. The number of rotatable bonds is 2. The van der Waals surface area contributed by atoms with Crippen molar-refractivity contribution in [1.29, 1.82) is 0 Å². The SMILES string of the molecule is C=CC(=O)Oc1ccc2[nH]ncc2c1. The van der Waals surface area contributed by atoms with Crippen molar-refractivity contribution in [2.75, 3.05) is 0 Å². The average Bonchev–Trinajstić information content (AvgIpc) is 2.64. The minimum absolute atomic E-state index is 0.465. The molecule has 0 bridgehead atoms. The third-order valence-electron chi connectivity index (χ3n) is 1.80. The van der Waals surface area contributed by atoms with E-state index < -0.39 is 5.97 Å². The molecule has 70 valence electrons. The second kappa shape index (κ2) is 3.33. The smallest absolute Gasteiger partial charge is 0.335 e. The van der Waals surface area contributed by atoms with Crippen molar-refractivity contribution in [3.05, 3.63) is 37.1 Å². The lowest BCUT2D eigenvalue weighted by atomic mass is 10.2. The number of hydrogen-bond donors (Lipinski definition) is 1. The van der Waals surface area contributed by atoms with E-state index in [1.807, 2.05) is 0 Å². The Balaban J connectivity index is 2.34. The molecule has 0 spiro atoms. The van der Waals surface area contributed by atoms with Crippen LogP contribution in [0.2, 0.25) is 0 Å². The molecule has 1 heterocycles. The van der Waals surface area contributed by atoms with Crippen LogP contribution in [-0.4, -0.2) is 16.2 Å². The Kier molecular flexibility index (Phi) is 2.02. The van der Waals surface area contributed by atoms with Gasteiger partial charge in [-0.3, -0.25) is 5.10 Å². The summed E-state index contributed by atoms with van der Waals surface area (Å²) in [5.41, 5.74) is 0.906. The van der Waals surface area contributed by atoms with E-state index in [0.29, 0.717) is 5.75 Å². The van der Waals surface area contributed by atoms with Crippen LogP contribution >= 0.6 is 0 Å². The van der Waals surface area contributed by atoms with E-state index in [-0.39, 0.29) is 0 Å². The number of aromatic nitrogens is 2. The quantitative estimate of drug-likeness (QED) is 0.443. The van der Waals surface area contributed by atoms with Gasteiger partial charge in [-0.25, -0.2) is 4.79 Å². The predicted molar refractivity (Wildman–Crippen MR) is 51.9 cm³/mol. The first kappa shape index (κ1) is 8.50. The number of fused-ring (bicyclic) bond motifs is 1. The van der Waals surface area contributed by atoms with Crippen LogP contribution in [0.4, 0.5) is 0 Å². The van der Waals surface area contributed by atoms with Gasteiger partial charge in [0.15, 0.2) is 0 Å². The highest BCUT2D eigenvalue weighted by Gasteiger charge is 2.01. The second-order valence-corrected chi connectivity index (χ2v) is 2.74. The number of carbonyl (C=O) groups is 1. The molecule has 0 aliphatic rings. The third kappa shape index (κ3) is 1.50. The molecule has 0 saturated heterocycles. The van der Waals surface area contributed by atoms with Gasteiger partial charge in [0.05, 0.1) is 11.7 Å². The molecule has 2 rings (SSSR count). The number of carbonyl (C=O) groups excluding carboxylic acids is 1. The summed E-state index contributed by atoms with van der Waals surface area (Å²) >= 11 is 0. The van der Waals surface area contributed by atoms with E-state index >= 15 is 0 Å². The van der Waals surface area contributed by atoms with Crippen molar-refractivity contribution in [2.24, 2.45) is 0 Å². The van der Waals surface area contributed by atoms with E-state index in [4.69, 9.17) is 4.74 Å². The number of benzene rings is 1. The molecular formula is C10H8N2O2. The standard InChI is InChI=1S/C10H8N2O2/c1-2-10(13)14-8-3-4-9-7(5-8)6-11-12-9/h2-6H,1H2,(H,11,12). The molecular weight excluding hydrogens is 180 g/mol. The summed E-state index contributed by atoms with van der Waals surface area (Å²) in [7, 11) is 0. The lowest BCUT2D eigenvalue weighted by molar-refractivity contribution is -0.128. The van der Waals surface area contributed by atoms with Gasteiger partial charge < -0.3 is 4.74 Å². The highest BCUT2D eigenvalue weighted by molar-refractivity contribution is 5.85. The Hall–Kier alpha value is -2.10. The Morgan fingerprint density at radius 3 is 3.21 bits per heavy atom. The van der Waals surface area contributed by atoms with Crippen LogP contribution in [0.15, 0.2) is 37.1 Å². The van der Waals surface area contributed by atoms with Gasteiger partial charge in [-0.2, -0.15) is 5.10 Å². The zero-order valence-corrected chi connectivity index (χ0v) is 7.36. The van der Waals surface area contributed by atoms with Crippen LogP contribution < -0.4 is 4.74 Å². The fourth-order valence-electron chi connectivity index (χ4n) is 1.14. The maximum absolute atomic E-state index is 10.9. The molecule has 0 fully saturated rings. The lowest BCUT2D eigenvalue weighted by Crippen LogP contribution is -2.02. The summed E-state index contributed by atoms with van der Waals surface area (Å²) in [6, 6.07) is 5.23. The summed E-state index contributed by atoms with van der Waals surface area (Å²) in [5.74, 6) is 0.0247. The molecule has 14 heavy (non-hydrogen) atoms. The van der Waals surface area contributed by atoms with E-state index in [1.54, 1.807) is 24.4 Å². The van der Waals surface area contributed by atoms with Gasteiger partial charge in [-0.1, -0.05) is 6.58 Å². The molecule has 0 saturated carbocycles. The number of nitrogens with one attached hydrogen (secondary N) is 1. The number of nitrogens with zero attached hydrogens (tertiary/aromatic N) is 1. The van der Waals surface area contributed by atoms with Crippen LogP contribution in [0.1, 0.15) is 0 Å². The van der Waals surface area contributed by atoms with Crippen molar-refractivity contribution >= 4 is 16.9 Å². The fourth-order valence-corrected chi connectivity index (χ4v) is 1.14. The van der Waals surface area contributed by atoms with Crippen molar-refractivity contribution in [1.82, 2.24) is 10.2 Å². The average molecular weight is 188 g/mol. The highest BCUT2D eigenvalue weighted by atomic mass is 16.5. The predicted octanol–water partition coefficient (Wildman–Crippen LogP) is 1.65. The number of ether oxygens (including phenoxy) is 1. The van der Waals surface area contributed by atoms with Crippen LogP contribution in [0.5, 0.6) is 5.75 Å². The largest absolute Gasteiger partial charge is 0.423 e. The van der Waals surface area contributed by atoms with Crippen molar-refractivity contribution in [2.45, 2.75) is 0 Å². The maximum atomic E-state index is 10.9. The van der Waals surface area contributed by atoms with Gasteiger partial charge in [0.2, 0.25) is 0 Å². The molecule has 0 radical (unpaired) electrons. The topological polar surface area (TPSA) is 55.0 Å². The molecule has 1 N–H and O–H groups in total. The van der Waals surface area contributed by atoms with Crippen molar-refractivity contribution in [3.8, 4) is 5.75 Å². The van der Waals surface area contributed by atoms with Crippen LogP contribution in [0, 0.1) is 0 Å². The van der Waals surface area contributed by atoms with Gasteiger partial charge in [0, 0.05) is 11.5 Å². The van der Waals surface area contributed by atoms with Crippen molar-refractivity contribution in [3.63, 3.8) is 0 Å². The van der Waals surface area contributed by atoms with Crippen LogP contribution in [-0.2, 0) is 4.79 Å². The molecule has 1 aromatic carbocycles. The molecule has 4 nitrogen and oxygen atoms in total. The third-order valence-corrected chi connectivity index (χ3v) is 1.80. The fraction of sp³-hybridized carbons (Fsp3) is 0. The first-order valence-corrected chi connectivity index (χ1v) is 4.07. The number of aromatic amines is 1. The van der Waals surface area contributed by atoms with Gasteiger partial charge in [0.25, 0.3) is 0 Å². The molecule has 0 unspecified atom stereocenters. The summed E-state index contributed by atoms with van der Waals surface area (Å²) in [6.45, 7) is 3.32. The minimum Gasteiger partial charge on any atom is -0.423 e. The number of esters is 1. The molecule has 0 aliphatic heterocycles. The lowest BCUT2D eigenvalue weighted by Gasteiger charge is -1.99. The molecule has 1 aromatic heterocycles. The summed E-state index contributed by atoms with van der Waals surface area (Å²) < 4.78 is 4.94. The zero-order chi connectivity index (χ0) is 9.97. The maximum Gasteiger partial charge on any atom is 0.335 e. The van der Waals surface area contributed by atoms with E-state index in [1.165, 1.54) is 0 Å². The Morgan fingerprint density at radius 1 is 1.57 bits per heavy atom. The first-order valence-electron chi connectivity index (χ1n) is 4.07. The van der Waals surface area contributed by atoms with Gasteiger partial charge in [-0.05, 0) is 18.2 Å². The van der Waals surface area contributed by atoms with Crippen LogP contribution in [0.3, 0.4) is 0 Å². The highest BCUT2D eigenvalue weighted by Crippen LogP contribution is 2.18. The molecule has 0 aliphatic carbocycles. The Bertz CT molecular complexity index is 488. The first-order chi connectivity index (χ1) is 6.79. The minimum atomic E-state index is -0.465. The summed E-state index contributed by atoms with van der Waals surface area (Å²) in [6.07, 6.45) is 2.79. The monoisotopic (exact) mass is 188 g/mol. The van der Waals surface area contributed by atoms with Gasteiger partial charge in [-0.15, -0.1) is 0 Å². The van der Waals surface area contributed by atoms with E-state index in [2.05, 4.69) is 16.8 Å². The zero-order valence-electron chi connectivity index (χ0n) is 7.36.